The summed E-state index contributed by atoms with van der Waals surface area (Å²) < 4.78 is 6.80. The zero-order chi connectivity index (χ0) is 17.1. The molecule has 126 valence electrons. The number of aromatic nitrogens is 4. The lowest BCUT2D eigenvalue weighted by atomic mass is 10.1. The average Bonchev–Trinajstić information content (AvgIpc) is 2.92. The van der Waals surface area contributed by atoms with Gasteiger partial charge in [-0.3, -0.25) is 4.68 Å². The Labute approximate surface area is 141 Å². The number of nitrogens with zero attached hydrogens (tertiary/aromatic N) is 4. The molecule has 7 heteroatoms. The minimum atomic E-state index is 0.551. The van der Waals surface area contributed by atoms with Crippen LogP contribution in [0.25, 0.3) is 11.0 Å². The van der Waals surface area contributed by atoms with Crippen LogP contribution in [0.15, 0.2) is 24.4 Å². The van der Waals surface area contributed by atoms with E-state index in [4.69, 9.17) is 4.74 Å². The number of rotatable bonds is 6. The number of nitrogens with one attached hydrogen (secondary N) is 2. The lowest BCUT2D eigenvalue weighted by molar-refractivity contribution is 0.210. The second-order valence-corrected chi connectivity index (χ2v) is 5.76. The zero-order valence-corrected chi connectivity index (χ0v) is 14.4. The fraction of sp³-hybridized carbons (Fsp3) is 0.353. The first-order chi connectivity index (χ1) is 11.6. The lowest BCUT2D eigenvalue weighted by Gasteiger charge is -2.12. The van der Waals surface area contributed by atoms with Crippen molar-refractivity contribution >= 4 is 28.5 Å². The van der Waals surface area contributed by atoms with E-state index < -0.39 is 0 Å². The highest BCUT2D eigenvalue weighted by atomic mass is 16.5. The van der Waals surface area contributed by atoms with Gasteiger partial charge in [0.25, 0.3) is 0 Å². The molecular formula is C17H22N6O. The third kappa shape index (κ3) is 3.30. The van der Waals surface area contributed by atoms with Crippen LogP contribution in [0.1, 0.15) is 11.1 Å². The Morgan fingerprint density at radius 2 is 2.04 bits per heavy atom. The van der Waals surface area contributed by atoms with E-state index in [0.717, 1.165) is 22.5 Å². The van der Waals surface area contributed by atoms with Crippen molar-refractivity contribution in [2.75, 3.05) is 30.9 Å². The summed E-state index contributed by atoms with van der Waals surface area (Å²) in [6.45, 7) is 5.39. The van der Waals surface area contributed by atoms with Gasteiger partial charge in [-0.25, -0.2) is 0 Å². The Kier molecular flexibility index (Phi) is 4.61. The van der Waals surface area contributed by atoms with Gasteiger partial charge in [-0.2, -0.15) is 15.1 Å². The first-order valence-corrected chi connectivity index (χ1v) is 7.85. The summed E-state index contributed by atoms with van der Waals surface area (Å²) in [5.74, 6) is 1.29. The Morgan fingerprint density at radius 3 is 2.79 bits per heavy atom. The number of ether oxygens (including phenoxy) is 1. The van der Waals surface area contributed by atoms with Gasteiger partial charge in [0.05, 0.1) is 18.2 Å². The van der Waals surface area contributed by atoms with Crippen molar-refractivity contribution in [3.8, 4) is 0 Å². The van der Waals surface area contributed by atoms with Gasteiger partial charge in [0, 0.05) is 26.4 Å². The van der Waals surface area contributed by atoms with Crippen LogP contribution in [0.2, 0.25) is 0 Å². The number of methoxy groups -OCH3 is 1. The van der Waals surface area contributed by atoms with E-state index in [-0.39, 0.29) is 0 Å². The second-order valence-electron chi connectivity index (χ2n) is 5.76. The molecule has 0 amide bonds. The van der Waals surface area contributed by atoms with Crippen LogP contribution in [-0.4, -0.2) is 40.0 Å². The SMILES string of the molecule is COCCNc1nc(Nc2ccc(C)cc2C)c2cnn(C)c2n1. The molecule has 0 aliphatic heterocycles. The highest BCUT2D eigenvalue weighted by Crippen LogP contribution is 2.26. The monoisotopic (exact) mass is 326 g/mol. The van der Waals surface area contributed by atoms with E-state index in [1.54, 1.807) is 18.0 Å². The maximum absolute atomic E-state index is 5.06. The minimum absolute atomic E-state index is 0.551. The summed E-state index contributed by atoms with van der Waals surface area (Å²) in [6.07, 6.45) is 1.78. The van der Waals surface area contributed by atoms with Crippen molar-refractivity contribution in [3.63, 3.8) is 0 Å². The summed E-state index contributed by atoms with van der Waals surface area (Å²) in [4.78, 5) is 9.13. The molecule has 2 aromatic heterocycles. The predicted octanol–water partition coefficient (Wildman–Crippen LogP) is 2.78. The van der Waals surface area contributed by atoms with E-state index in [2.05, 4.69) is 57.7 Å². The zero-order valence-electron chi connectivity index (χ0n) is 14.4. The molecule has 0 bridgehead atoms. The molecule has 2 N–H and O–H groups in total. The fourth-order valence-corrected chi connectivity index (χ4v) is 2.54. The van der Waals surface area contributed by atoms with Gasteiger partial charge in [-0.15, -0.1) is 0 Å². The molecule has 1 aromatic carbocycles. The molecule has 0 unspecified atom stereocenters. The number of anilines is 3. The summed E-state index contributed by atoms with van der Waals surface area (Å²) in [7, 11) is 3.54. The number of hydrogen-bond donors (Lipinski definition) is 2. The molecule has 24 heavy (non-hydrogen) atoms. The normalized spacial score (nSPS) is 11.0. The van der Waals surface area contributed by atoms with Crippen molar-refractivity contribution in [1.82, 2.24) is 19.7 Å². The Bertz CT molecular complexity index is 858. The number of hydrogen-bond acceptors (Lipinski definition) is 6. The van der Waals surface area contributed by atoms with Gasteiger partial charge in [-0.1, -0.05) is 17.7 Å². The molecule has 0 saturated carbocycles. The van der Waals surface area contributed by atoms with E-state index >= 15 is 0 Å². The largest absolute Gasteiger partial charge is 0.383 e. The van der Waals surface area contributed by atoms with Crippen molar-refractivity contribution < 1.29 is 4.74 Å². The van der Waals surface area contributed by atoms with Gasteiger partial charge in [0.2, 0.25) is 5.95 Å². The molecular weight excluding hydrogens is 304 g/mol. The van der Waals surface area contributed by atoms with Crippen LogP contribution in [0.4, 0.5) is 17.5 Å². The average molecular weight is 326 g/mol. The Balaban J connectivity index is 1.98. The summed E-state index contributed by atoms with van der Waals surface area (Å²) in [5.41, 5.74) is 4.19. The first-order valence-electron chi connectivity index (χ1n) is 7.85. The molecule has 0 spiro atoms. The molecule has 0 radical (unpaired) electrons. The maximum atomic E-state index is 5.06. The van der Waals surface area contributed by atoms with E-state index in [1.165, 1.54) is 11.1 Å². The Hall–Kier alpha value is -2.67. The minimum Gasteiger partial charge on any atom is -0.383 e. The van der Waals surface area contributed by atoms with Gasteiger partial charge in [-0.05, 0) is 25.5 Å². The standard InChI is InChI=1S/C17H22N6O/c1-11-5-6-14(12(2)9-11)20-15-13-10-19-23(3)16(13)22-17(21-15)18-7-8-24-4/h5-6,9-10H,7-8H2,1-4H3,(H2,18,20,21,22). The lowest BCUT2D eigenvalue weighted by Crippen LogP contribution is -2.11. The van der Waals surface area contributed by atoms with Crippen LogP contribution in [-0.2, 0) is 11.8 Å². The van der Waals surface area contributed by atoms with Crippen LogP contribution in [0.3, 0.4) is 0 Å². The predicted molar refractivity (Wildman–Crippen MR) is 95.9 cm³/mol. The molecule has 0 fully saturated rings. The van der Waals surface area contributed by atoms with E-state index in [0.29, 0.717) is 19.1 Å². The van der Waals surface area contributed by atoms with Crippen molar-refractivity contribution in [2.45, 2.75) is 13.8 Å². The molecule has 7 nitrogen and oxygen atoms in total. The highest BCUT2D eigenvalue weighted by Gasteiger charge is 2.12. The fourth-order valence-electron chi connectivity index (χ4n) is 2.54. The van der Waals surface area contributed by atoms with Gasteiger partial charge < -0.3 is 15.4 Å². The van der Waals surface area contributed by atoms with Crippen LogP contribution >= 0.6 is 0 Å². The van der Waals surface area contributed by atoms with E-state index in [1.807, 2.05) is 7.05 Å². The maximum Gasteiger partial charge on any atom is 0.226 e. The molecule has 0 aliphatic carbocycles. The summed E-state index contributed by atoms with van der Waals surface area (Å²) in [6, 6.07) is 6.28. The number of fused-ring (bicyclic) bond motifs is 1. The van der Waals surface area contributed by atoms with Crippen molar-refractivity contribution in [3.05, 3.63) is 35.5 Å². The number of aryl methyl sites for hydroxylation is 3. The molecule has 2 heterocycles. The smallest absolute Gasteiger partial charge is 0.226 e. The van der Waals surface area contributed by atoms with Gasteiger partial charge >= 0.3 is 0 Å². The summed E-state index contributed by atoms with van der Waals surface area (Å²) >= 11 is 0. The van der Waals surface area contributed by atoms with Gasteiger partial charge in [0.1, 0.15) is 5.82 Å². The third-order valence-corrected chi connectivity index (χ3v) is 3.82. The molecule has 0 saturated heterocycles. The van der Waals surface area contributed by atoms with Crippen LogP contribution in [0, 0.1) is 13.8 Å². The number of benzene rings is 1. The molecule has 0 atom stereocenters. The quantitative estimate of drug-likeness (QED) is 0.678. The Morgan fingerprint density at radius 1 is 1.21 bits per heavy atom. The van der Waals surface area contributed by atoms with Crippen LogP contribution < -0.4 is 10.6 Å². The molecule has 3 rings (SSSR count). The van der Waals surface area contributed by atoms with Crippen molar-refractivity contribution in [1.29, 1.82) is 0 Å². The molecule has 0 aliphatic rings. The third-order valence-electron chi connectivity index (χ3n) is 3.82. The topological polar surface area (TPSA) is 76.9 Å². The van der Waals surface area contributed by atoms with Crippen molar-refractivity contribution in [2.24, 2.45) is 7.05 Å². The first kappa shape index (κ1) is 16.2. The molecule has 3 aromatic rings. The van der Waals surface area contributed by atoms with E-state index in [9.17, 15) is 0 Å². The highest BCUT2D eigenvalue weighted by molar-refractivity contribution is 5.89. The second kappa shape index (κ2) is 6.84. The summed E-state index contributed by atoms with van der Waals surface area (Å²) in [5, 5.41) is 11.8. The van der Waals surface area contributed by atoms with Gasteiger partial charge in [0.15, 0.2) is 5.65 Å². The van der Waals surface area contributed by atoms with Crippen LogP contribution in [0.5, 0.6) is 0 Å².